The minimum absolute atomic E-state index is 0.00710. The Balaban J connectivity index is 1.89. The first-order chi connectivity index (χ1) is 9.13. The molecule has 0 aliphatic heterocycles. The highest BCUT2D eigenvalue weighted by atomic mass is 32.2. The van der Waals surface area contributed by atoms with Gasteiger partial charge in [0.25, 0.3) is 0 Å². The van der Waals surface area contributed by atoms with E-state index in [0.29, 0.717) is 18.3 Å². The van der Waals surface area contributed by atoms with Gasteiger partial charge in [-0.05, 0) is 26.7 Å². The summed E-state index contributed by atoms with van der Waals surface area (Å²) in [6.07, 6.45) is 4.07. The number of thioether (sulfide) groups is 1. The molecule has 0 unspecified atom stereocenters. The van der Waals surface area contributed by atoms with Gasteiger partial charge in [0.05, 0.1) is 12.4 Å². The van der Waals surface area contributed by atoms with Gasteiger partial charge < -0.3 is 14.6 Å². The van der Waals surface area contributed by atoms with Gasteiger partial charge in [-0.3, -0.25) is 4.79 Å². The fraction of sp³-hybridized carbons (Fsp3) is 0.750. The van der Waals surface area contributed by atoms with E-state index in [-0.39, 0.29) is 18.6 Å². The predicted molar refractivity (Wildman–Crippen MR) is 73.0 cm³/mol. The minimum atomic E-state index is -0.00710. The van der Waals surface area contributed by atoms with Gasteiger partial charge in [-0.1, -0.05) is 11.8 Å². The van der Waals surface area contributed by atoms with E-state index in [4.69, 9.17) is 5.11 Å². The number of aromatic nitrogens is 3. The topological polar surface area (TPSA) is 71.2 Å². The Labute approximate surface area is 117 Å². The van der Waals surface area contributed by atoms with Crippen molar-refractivity contribution in [3.8, 4) is 0 Å². The molecular formula is C12H20N4O2S. The second kappa shape index (κ2) is 6.38. The van der Waals surface area contributed by atoms with Crippen LogP contribution in [0.4, 0.5) is 0 Å². The van der Waals surface area contributed by atoms with E-state index in [2.05, 4.69) is 10.2 Å². The van der Waals surface area contributed by atoms with Crippen molar-refractivity contribution in [2.75, 3.05) is 18.9 Å². The molecule has 0 saturated heterocycles. The molecule has 1 aromatic rings. The molecule has 1 aliphatic carbocycles. The maximum absolute atomic E-state index is 12.1. The molecule has 7 heteroatoms. The number of nitrogens with zero attached hydrogens (tertiary/aromatic N) is 4. The smallest absolute Gasteiger partial charge is 0.233 e. The predicted octanol–water partition coefficient (Wildman–Crippen LogP) is 0.934. The monoisotopic (exact) mass is 284 g/mol. The lowest BCUT2D eigenvalue weighted by atomic mass is 10.3. The molecule has 1 N–H and O–H groups in total. The van der Waals surface area contributed by atoms with Crippen molar-refractivity contribution in [2.24, 2.45) is 0 Å². The van der Waals surface area contributed by atoms with Crippen LogP contribution >= 0.6 is 11.8 Å². The third-order valence-electron chi connectivity index (χ3n) is 3.09. The van der Waals surface area contributed by atoms with Gasteiger partial charge in [-0.15, -0.1) is 10.2 Å². The zero-order valence-corrected chi connectivity index (χ0v) is 12.1. The largest absolute Gasteiger partial charge is 0.395 e. The lowest BCUT2D eigenvalue weighted by Crippen LogP contribution is -2.40. The molecule has 2 rings (SSSR count). The maximum atomic E-state index is 12.1. The quantitative estimate of drug-likeness (QED) is 0.754. The van der Waals surface area contributed by atoms with Crippen molar-refractivity contribution < 1.29 is 9.90 Å². The Bertz CT molecular complexity index is 431. The Morgan fingerprint density at radius 3 is 2.95 bits per heavy atom. The van der Waals surface area contributed by atoms with Gasteiger partial charge >= 0.3 is 0 Å². The molecule has 6 nitrogen and oxygen atoms in total. The summed E-state index contributed by atoms with van der Waals surface area (Å²) < 4.78 is 2.05. The average molecular weight is 284 g/mol. The SMILES string of the molecule is CC(C)N(CCO)C(=O)CSc1nncn1C1CC1. The van der Waals surface area contributed by atoms with Crippen LogP contribution in [0.2, 0.25) is 0 Å². The number of carbonyl (C=O) groups is 1. The minimum Gasteiger partial charge on any atom is -0.395 e. The normalized spacial score (nSPS) is 14.9. The molecule has 1 saturated carbocycles. The van der Waals surface area contributed by atoms with E-state index in [1.54, 1.807) is 11.2 Å². The van der Waals surface area contributed by atoms with Gasteiger partial charge in [0.2, 0.25) is 5.91 Å². The standard InChI is InChI=1S/C12H20N4O2S/c1-9(2)15(5-6-17)11(18)7-19-12-14-13-8-16(12)10-3-4-10/h8-10,17H,3-7H2,1-2H3. The molecule has 1 aromatic heterocycles. The van der Waals surface area contributed by atoms with Crippen molar-refractivity contribution in [3.05, 3.63) is 6.33 Å². The van der Waals surface area contributed by atoms with Crippen molar-refractivity contribution in [1.29, 1.82) is 0 Å². The molecule has 0 spiro atoms. The molecule has 0 aromatic carbocycles. The second-order valence-corrected chi connectivity index (χ2v) is 5.89. The molecule has 1 aliphatic rings. The van der Waals surface area contributed by atoms with Crippen LogP contribution in [-0.4, -0.2) is 55.6 Å². The van der Waals surface area contributed by atoms with Gasteiger partial charge in [0.15, 0.2) is 5.16 Å². The molecule has 0 bridgehead atoms. The van der Waals surface area contributed by atoms with Crippen LogP contribution in [0.1, 0.15) is 32.7 Å². The second-order valence-electron chi connectivity index (χ2n) is 4.95. The fourth-order valence-corrected chi connectivity index (χ4v) is 2.79. The first kappa shape index (κ1) is 14.3. The Hall–Kier alpha value is -1.08. The molecule has 1 fully saturated rings. The lowest BCUT2D eigenvalue weighted by Gasteiger charge is -2.25. The van der Waals surface area contributed by atoms with E-state index < -0.39 is 0 Å². The number of rotatable bonds is 7. The number of amides is 1. The molecule has 106 valence electrons. The number of aliphatic hydroxyl groups is 1. The average Bonchev–Trinajstić information content (AvgIpc) is 3.12. The van der Waals surface area contributed by atoms with Crippen LogP contribution in [0.3, 0.4) is 0 Å². The van der Waals surface area contributed by atoms with Crippen molar-refractivity contribution in [2.45, 2.75) is 43.9 Å². The first-order valence-electron chi connectivity index (χ1n) is 6.56. The Kier molecular flexibility index (Phi) is 4.81. The van der Waals surface area contributed by atoms with E-state index in [1.165, 1.54) is 24.6 Å². The van der Waals surface area contributed by atoms with Crippen LogP contribution in [-0.2, 0) is 4.79 Å². The summed E-state index contributed by atoms with van der Waals surface area (Å²) in [6, 6.07) is 0.618. The van der Waals surface area contributed by atoms with Crippen molar-refractivity contribution >= 4 is 17.7 Å². The molecule has 0 atom stereocenters. The third kappa shape index (κ3) is 3.70. The molecule has 1 heterocycles. The number of hydrogen-bond acceptors (Lipinski definition) is 5. The van der Waals surface area contributed by atoms with Crippen LogP contribution in [0.25, 0.3) is 0 Å². The van der Waals surface area contributed by atoms with E-state index in [9.17, 15) is 4.79 Å². The fourth-order valence-electron chi connectivity index (χ4n) is 1.93. The zero-order chi connectivity index (χ0) is 13.8. The summed E-state index contributed by atoms with van der Waals surface area (Å²) in [5, 5.41) is 17.8. The summed E-state index contributed by atoms with van der Waals surface area (Å²) in [5.74, 6) is 0.364. The van der Waals surface area contributed by atoms with Crippen LogP contribution in [0.5, 0.6) is 0 Å². The van der Waals surface area contributed by atoms with Gasteiger partial charge in [-0.25, -0.2) is 0 Å². The lowest BCUT2D eigenvalue weighted by molar-refractivity contribution is -0.130. The summed E-state index contributed by atoms with van der Waals surface area (Å²) in [5.41, 5.74) is 0. The van der Waals surface area contributed by atoms with E-state index in [1.807, 2.05) is 18.4 Å². The van der Waals surface area contributed by atoms with Crippen molar-refractivity contribution in [3.63, 3.8) is 0 Å². The van der Waals surface area contributed by atoms with Crippen LogP contribution in [0, 0.1) is 0 Å². The summed E-state index contributed by atoms with van der Waals surface area (Å²) in [7, 11) is 0. The van der Waals surface area contributed by atoms with Gasteiger partial charge in [0, 0.05) is 18.6 Å². The zero-order valence-electron chi connectivity index (χ0n) is 11.3. The number of hydrogen-bond donors (Lipinski definition) is 1. The maximum Gasteiger partial charge on any atom is 0.233 e. The van der Waals surface area contributed by atoms with E-state index in [0.717, 1.165) is 5.16 Å². The van der Waals surface area contributed by atoms with Crippen molar-refractivity contribution in [1.82, 2.24) is 19.7 Å². The van der Waals surface area contributed by atoms with E-state index >= 15 is 0 Å². The highest BCUT2D eigenvalue weighted by Gasteiger charge is 2.27. The summed E-state index contributed by atoms with van der Waals surface area (Å²) >= 11 is 1.42. The molecular weight excluding hydrogens is 264 g/mol. The van der Waals surface area contributed by atoms with Gasteiger partial charge in [0.1, 0.15) is 6.33 Å². The van der Waals surface area contributed by atoms with Crippen LogP contribution in [0.15, 0.2) is 11.5 Å². The first-order valence-corrected chi connectivity index (χ1v) is 7.54. The summed E-state index contributed by atoms with van der Waals surface area (Å²) in [4.78, 5) is 13.8. The van der Waals surface area contributed by atoms with Crippen LogP contribution < -0.4 is 0 Å². The highest BCUT2D eigenvalue weighted by molar-refractivity contribution is 7.99. The molecule has 19 heavy (non-hydrogen) atoms. The number of aliphatic hydroxyl groups excluding tert-OH is 1. The Morgan fingerprint density at radius 1 is 1.63 bits per heavy atom. The van der Waals surface area contributed by atoms with Gasteiger partial charge in [-0.2, -0.15) is 0 Å². The molecule has 0 radical (unpaired) electrons. The summed E-state index contributed by atoms with van der Waals surface area (Å²) in [6.45, 7) is 4.27. The highest BCUT2D eigenvalue weighted by Crippen LogP contribution is 2.37. The Morgan fingerprint density at radius 2 is 2.37 bits per heavy atom. The number of carbonyl (C=O) groups excluding carboxylic acids is 1. The third-order valence-corrected chi connectivity index (χ3v) is 4.03. The molecule has 1 amide bonds.